The van der Waals surface area contributed by atoms with E-state index in [9.17, 15) is 13.2 Å². The van der Waals surface area contributed by atoms with Crippen LogP contribution in [0, 0.1) is 0 Å². The van der Waals surface area contributed by atoms with E-state index in [1.165, 1.54) is 26.4 Å². The summed E-state index contributed by atoms with van der Waals surface area (Å²) in [4.78, 5) is 12.3. The van der Waals surface area contributed by atoms with Gasteiger partial charge >= 0.3 is 0 Å². The molecule has 0 radical (unpaired) electrons. The molecule has 6 nitrogen and oxygen atoms in total. The molecule has 27 heavy (non-hydrogen) atoms. The fourth-order valence-electron chi connectivity index (χ4n) is 2.55. The van der Waals surface area contributed by atoms with E-state index in [-0.39, 0.29) is 23.1 Å². The van der Waals surface area contributed by atoms with E-state index < -0.39 is 9.84 Å². The van der Waals surface area contributed by atoms with Gasteiger partial charge in [-0.2, -0.15) is 0 Å². The molecule has 0 bridgehead atoms. The van der Waals surface area contributed by atoms with Crippen molar-refractivity contribution in [3.8, 4) is 11.5 Å². The minimum absolute atomic E-state index is 0.0153. The van der Waals surface area contributed by atoms with Gasteiger partial charge in [0.2, 0.25) is 0 Å². The quantitative estimate of drug-likeness (QED) is 0.748. The lowest BCUT2D eigenvalue weighted by atomic mass is 10.0. The molecule has 7 heteroatoms. The van der Waals surface area contributed by atoms with Crippen LogP contribution >= 0.6 is 0 Å². The molecule has 0 aromatic heterocycles. The van der Waals surface area contributed by atoms with Crippen LogP contribution < -0.4 is 14.8 Å². The van der Waals surface area contributed by atoms with Gasteiger partial charge in [-0.15, -0.1) is 0 Å². The maximum Gasteiger partial charge on any atom is 0.251 e. The van der Waals surface area contributed by atoms with Gasteiger partial charge in [0.15, 0.2) is 21.3 Å². The van der Waals surface area contributed by atoms with Crippen LogP contribution in [-0.2, 0) is 9.84 Å². The lowest BCUT2D eigenvalue weighted by Crippen LogP contribution is -2.29. The first kappa shape index (κ1) is 20.8. The van der Waals surface area contributed by atoms with Crippen LogP contribution in [0.25, 0.3) is 0 Å². The van der Waals surface area contributed by atoms with E-state index in [2.05, 4.69) is 19.2 Å². The van der Waals surface area contributed by atoms with E-state index in [1.54, 1.807) is 18.2 Å². The summed E-state index contributed by atoms with van der Waals surface area (Å²) in [5.74, 6) is 0.669. The molecule has 2 rings (SSSR count). The molecule has 0 heterocycles. The summed E-state index contributed by atoms with van der Waals surface area (Å²) in [5, 5.41) is 2.65. The summed E-state index contributed by atoms with van der Waals surface area (Å²) in [6.07, 6.45) is 0. The highest BCUT2D eigenvalue weighted by molar-refractivity contribution is 7.91. The second kappa shape index (κ2) is 8.90. The Balaban J connectivity index is 2.00. The average molecular weight is 391 g/mol. The van der Waals surface area contributed by atoms with Crippen molar-refractivity contribution in [2.24, 2.45) is 0 Å². The Morgan fingerprint density at radius 2 is 1.63 bits per heavy atom. The van der Waals surface area contributed by atoms with Crippen molar-refractivity contribution in [3.05, 3.63) is 53.6 Å². The fraction of sp³-hybridized carbons (Fsp3) is 0.350. The SMILES string of the molecule is COc1ccc(S(=O)(=O)CCNC(=O)c2ccc(C(C)C)cc2)cc1OC. The third kappa shape index (κ3) is 5.23. The molecule has 1 amide bonds. The molecule has 0 aliphatic heterocycles. The molecule has 0 spiro atoms. The number of rotatable bonds is 8. The van der Waals surface area contributed by atoms with Crippen LogP contribution in [0.2, 0.25) is 0 Å². The molecule has 0 saturated carbocycles. The topological polar surface area (TPSA) is 81.7 Å². The Morgan fingerprint density at radius 3 is 2.19 bits per heavy atom. The first-order chi connectivity index (χ1) is 12.8. The van der Waals surface area contributed by atoms with Crippen molar-refractivity contribution in [2.45, 2.75) is 24.7 Å². The van der Waals surface area contributed by atoms with Gasteiger partial charge in [0.1, 0.15) is 0 Å². The number of amides is 1. The molecule has 0 aliphatic rings. The third-order valence-electron chi connectivity index (χ3n) is 4.21. The summed E-state index contributed by atoms with van der Waals surface area (Å²) < 4.78 is 35.2. The van der Waals surface area contributed by atoms with E-state index >= 15 is 0 Å². The van der Waals surface area contributed by atoms with Crippen molar-refractivity contribution in [1.29, 1.82) is 0 Å². The van der Waals surface area contributed by atoms with Gasteiger partial charge in [0, 0.05) is 18.2 Å². The molecule has 1 N–H and O–H groups in total. The summed E-state index contributed by atoms with van der Waals surface area (Å²) in [6, 6.07) is 11.7. The predicted octanol–water partition coefficient (Wildman–Crippen LogP) is 3.03. The zero-order valence-electron chi connectivity index (χ0n) is 16.0. The summed E-state index contributed by atoms with van der Waals surface area (Å²) >= 11 is 0. The molecule has 0 fully saturated rings. The van der Waals surface area contributed by atoms with Gasteiger partial charge < -0.3 is 14.8 Å². The van der Waals surface area contributed by atoms with Gasteiger partial charge in [0.05, 0.1) is 24.9 Å². The first-order valence-electron chi connectivity index (χ1n) is 8.61. The molecule has 0 atom stereocenters. The lowest BCUT2D eigenvalue weighted by Gasteiger charge is -2.11. The standard InChI is InChI=1S/C20H25NO5S/c1-14(2)15-5-7-16(8-6-15)20(22)21-11-12-27(23,24)17-9-10-18(25-3)19(13-17)26-4/h5-10,13-14H,11-12H2,1-4H3,(H,21,22). The second-order valence-corrected chi connectivity index (χ2v) is 8.48. The van der Waals surface area contributed by atoms with Crippen LogP contribution in [0.4, 0.5) is 0 Å². The summed E-state index contributed by atoms with van der Waals surface area (Å²) in [6.45, 7) is 4.17. The number of ether oxygens (including phenoxy) is 2. The molecule has 0 unspecified atom stereocenters. The van der Waals surface area contributed by atoms with Crippen LogP contribution in [0.5, 0.6) is 11.5 Å². The highest BCUT2D eigenvalue weighted by Crippen LogP contribution is 2.29. The highest BCUT2D eigenvalue weighted by atomic mass is 32.2. The maximum atomic E-state index is 12.5. The molecular formula is C20H25NO5S. The van der Waals surface area contributed by atoms with Gasteiger partial charge in [0.25, 0.3) is 5.91 Å². The Bertz CT molecular complexity index is 889. The normalized spacial score (nSPS) is 11.3. The van der Waals surface area contributed by atoms with Gasteiger partial charge in [-0.05, 0) is 35.7 Å². The number of methoxy groups -OCH3 is 2. The van der Waals surface area contributed by atoms with Crippen LogP contribution in [0.3, 0.4) is 0 Å². The number of sulfone groups is 1. The van der Waals surface area contributed by atoms with E-state index in [0.717, 1.165) is 5.56 Å². The number of nitrogens with one attached hydrogen (secondary N) is 1. The Labute approximate surface area is 160 Å². The van der Waals surface area contributed by atoms with Crippen molar-refractivity contribution in [2.75, 3.05) is 26.5 Å². The minimum atomic E-state index is -3.56. The van der Waals surface area contributed by atoms with Gasteiger partial charge in [-0.3, -0.25) is 4.79 Å². The Kier molecular flexibility index (Phi) is 6.85. The van der Waals surface area contributed by atoms with Crippen molar-refractivity contribution >= 4 is 15.7 Å². The molecule has 146 valence electrons. The molecule has 2 aromatic carbocycles. The maximum absolute atomic E-state index is 12.5. The summed E-state index contributed by atoms with van der Waals surface area (Å²) in [5.41, 5.74) is 1.64. The second-order valence-electron chi connectivity index (χ2n) is 6.37. The van der Waals surface area contributed by atoms with Crippen LogP contribution in [0.15, 0.2) is 47.4 Å². The van der Waals surface area contributed by atoms with Crippen molar-refractivity contribution in [1.82, 2.24) is 5.32 Å². The zero-order valence-corrected chi connectivity index (χ0v) is 16.8. The average Bonchev–Trinajstić information content (AvgIpc) is 2.67. The first-order valence-corrected chi connectivity index (χ1v) is 10.3. The predicted molar refractivity (Wildman–Crippen MR) is 104 cm³/mol. The Morgan fingerprint density at radius 1 is 1.00 bits per heavy atom. The number of hydrogen-bond acceptors (Lipinski definition) is 5. The number of benzene rings is 2. The number of hydrogen-bond donors (Lipinski definition) is 1. The smallest absolute Gasteiger partial charge is 0.251 e. The monoisotopic (exact) mass is 391 g/mol. The Hall–Kier alpha value is -2.54. The zero-order chi connectivity index (χ0) is 20.0. The molecular weight excluding hydrogens is 366 g/mol. The largest absolute Gasteiger partial charge is 0.493 e. The van der Waals surface area contributed by atoms with Gasteiger partial charge in [-0.1, -0.05) is 26.0 Å². The molecule has 0 saturated heterocycles. The van der Waals surface area contributed by atoms with Crippen LogP contribution in [0.1, 0.15) is 35.7 Å². The summed E-state index contributed by atoms with van der Waals surface area (Å²) in [7, 11) is -0.639. The number of carbonyl (C=O) groups is 1. The lowest BCUT2D eigenvalue weighted by molar-refractivity contribution is 0.0956. The highest BCUT2D eigenvalue weighted by Gasteiger charge is 2.18. The van der Waals surface area contributed by atoms with Crippen molar-refractivity contribution in [3.63, 3.8) is 0 Å². The van der Waals surface area contributed by atoms with Crippen LogP contribution in [-0.4, -0.2) is 40.8 Å². The van der Waals surface area contributed by atoms with Gasteiger partial charge in [-0.25, -0.2) is 8.42 Å². The molecule has 0 aliphatic carbocycles. The molecule has 2 aromatic rings. The van der Waals surface area contributed by atoms with E-state index in [0.29, 0.717) is 23.0 Å². The fourth-order valence-corrected chi connectivity index (χ4v) is 3.72. The minimum Gasteiger partial charge on any atom is -0.493 e. The number of carbonyl (C=O) groups excluding carboxylic acids is 1. The van der Waals surface area contributed by atoms with E-state index in [4.69, 9.17) is 9.47 Å². The third-order valence-corrected chi connectivity index (χ3v) is 5.92. The van der Waals surface area contributed by atoms with E-state index in [1.807, 2.05) is 12.1 Å². The van der Waals surface area contributed by atoms with Crippen molar-refractivity contribution < 1.29 is 22.7 Å².